The summed E-state index contributed by atoms with van der Waals surface area (Å²) in [5.74, 6) is 1.71. The first-order chi connectivity index (χ1) is 7.60. The topological polar surface area (TPSA) is 37.8 Å². The highest BCUT2D eigenvalue weighted by Crippen LogP contribution is 2.45. The first kappa shape index (κ1) is 11.5. The zero-order valence-corrected chi connectivity index (χ0v) is 10.5. The number of nitrogens with zero attached hydrogens (tertiary/aromatic N) is 2. The van der Waals surface area contributed by atoms with E-state index in [-0.39, 0.29) is 5.41 Å². The van der Waals surface area contributed by atoms with Gasteiger partial charge in [-0.2, -0.15) is 0 Å². The quantitative estimate of drug-likeness (QED) is 0.825. The second kappa shape index (κ2) is 4.50. The van der Waals surface area contributed by atoms with E-state index >= 15 is 0 Å². The second-order valence-electron chi connectivity index (χ2n) is 5.46. The van der Waals surface area contributed by atoms with Crippen molar-refractivity contribution < 1.29 is 0 Å². The fraction of sp³-hybridized carbons (Fsp3) is 0.692. The van der Waals surface area contributed by atoms with Crippen LogP contribution in [0.2, 0.25) is 0 Å². The smallest absolute Gasteiger partial charge is 0.134 e. The van der Waals surface area contributed by atoms with Crippen molar-refractivity contribution in [3.63, 3.8) is 0 Å². The second-order valence-corrected chi connectivity index (χ2v) is 5.46. The maximum atomic E-state index is 4.63. The molecule has 0 bridgehead atoms. The Kier molecular flexibility index (Phi) is 3.24. The van der Waals surface area contributed by atoms with E-state index in [0.717, 1.165) is 24.6 Å². The van der Waals surface area contributed by atoms with Crippen LogP contribution in [-0.4, -0.2) is 16.5 Å². The van der Waals surface area contributed by atoms with E-state index in [4.69, 9.17) is 0 Å². The summed E-state index contributed by atoms with van der Waals surface area (Å²) in [7, 11) is 0. The summed E-state index contributed by atoms with van der Waals surface area (Å²) in [5.41, 5.74) is 1.38. The van der Waals surface area contributed by atoms with Crippen LogP contribution in [0.1, 0.15) is 45.1 Å². The predicted molar refractivity (Wildman–Crippen MR) is 65.2 cm³/mol. The molecule has 1 aromatic rings. The van der Waals surface area contributed by atoms with Crippen molar-refractivity contribution in [2.24, 2.45) is 5.92 Å². The molecule has 0 aromatic carbocycles. The van der Waals surface area contributed by atoms with Gasteiger partial charge in [0, 0.05) is 18.2 Å². The van der Waals surface area contributed by atoms with Gasteiger partial charge in [0.1, 0.15) is 5.82 Å². The number of nitrogens with one attached hydrogen (secondary N) is 1. The molecule has 3 nitrogen and oxygen atoms in total. The lowest BCUT2D eigenvalue weighted by Gasteiger charge is -2.10. The van der Waals surface area contributed by atoms with Crippen LogP contribution < -0.4 is 5.32 Å². The summed E-state index contributed by atoms with van der Waals surface area (Å²) in [4.78, 5) is 9.01. The van der Waals surface area contributed by atoms with Crippen LogP contribution in [0.25, 0.3) is 0 Å². The highest BCUT2D eigenvalue weighted by molar-refractivity contribution is 5.17. The minimum Gasteiger partial charge on any atom is -0.311 e. The Hall–Kier alpha value is -0.960. The van der Waals surface area contributed by atoms with E-state index in [1.54, 1.807) is 0 Å². The van der Waals surface area contributed by atoms with Crippen LogP contribution in [0.3, 0.4) is 0 Å². The summed E-state index contributed by atoms with van der Waals surface area (Å²) >= 11 is 0. The molecule has 1 aliphatic carbocycles. The fourth-order valence-corrected chi connectivity index (χ4v) is 1.69. The van der Waals surface area contributed by atoms with Gasteiger partial charge in [-0.25, -0.2) is 9.97 Å². The monoisotopic (exact) mass is 219 g/mol. The van der Waals surface area contributed by atoms with Crippen molar-refractivity contribution in [1.82, 2.24) is 15.3 Å². The van der Waals surface area contributed by atoms with E-state index in [2.05, 4.69) is 36.1 Å². The largest absolute Gasteiger partial charge is 0.311 e. The summed E-state index contributed by atoms with van der Waals surface area (Å²) < 4.78 is 0. The van der Waals surface area contributed by atoms with Crippen LogP contribution in [0, 0.1) is 5.92 Å². The molecular weight excluding hydrogens is 198 g/mol. The van der Waals surface area contributed by atoms with Crippen LogP contribution >= 0.6 is 0 Å². The molecule has 1 heterocycles. The average molecular weight is 219 g/mol. The molecule has 0 radical (unpaired) electrons. The SMILES string of the molecule is CC(C)CNCc1ccnc(C2(C)CC2)n1. The van der Waals surface area contributed by atoms with Crippen molar-refractivity contribution >= 4 is 0 Å². The number of hydrogen-bond donors (Lipinski definition) is 1. The number of hydrogen-bond acceptors (Lipinski definition) is 3. The van der Waals surface area contributed by atoms with Gasteiger partial charge in [0.05, 0.1) is 5.69 Å². The predicted octanol–water partition coefficient (Wildman–Crippen LogP) is 2.27. The first-order valence-electron chi connectivity index (χ1n) is 6.13. The highest BCUT2D eigenvalue weighted by atomic mass is 15.0. The number of aromatic nitrogens is 2. The van der Waals surface area contributed by atoms with Crippen LogP contribution in [0.4, 0.5) is 0 Å². The molecule has 88 valence electrons. The van der Waals surface area contributed by atoms with E-state index < -0.39 is 0 Å². The van der Waals surface area contributed by atoms with Gasteiger partial charge in [0.2, 0.25) is 0 Å². The van der Waals surface area contributed by atoms with Gasteiger partial charge in [-0.15, -0.1) is 0 Å². The minimum absolute atomic E-state index is 0.272. The van der Waals surface area contributed by atoms with Gasteiger partial charge >= 0.3 is 0 Å². The zero-order chi connectivity index (χ0) is 11.6. The third kappa shape index (κ3) is 2.79. The lowest BCUT2D eigenvalue weighted by molar-refractivity contribution is 0.545. The van der Waals surface area contributed by atoms with Gasteiger partial charge in [-0.1, -0.05) is 20.8 Å². The van der Waals surface area contributed by atoms with E-state index in [1.807, 2.05) is 12.3 Å². The molecule has 0 saturated heterocycles. The third-order valence-electron chi connectivity index (χ3n) is 3.11. The molecule has 3 heteroatoms. The Morgan fingerprint density at radius 2 is 2.19 bits per heavy atom. The molecule has 0 aliphatic heterocycles. The van der Waals surface area contributed by atoms with Crippen molar-refractivity contribution in [2.45, 2.75) is 45.6 Å². The summed E-state index contributed by atoms with van der Waals surface area (Å²) in [5, 5.41) is 3.41. The highest BCUT2D eigenvalue weighted by Gasteiger charge is 2.41. The molecule has 1 saturated carbocycles. The molecule has 1 fully saturated rings. The normalized spacial score (nSPS) is 17.8. The van der Waals surface area contributed by atoms with Crippen molar-refractivity contribution in [2.75, 3.05) is 6.54 Å². The summed E-state index contributed by atoms with van der Waals surface area (Å²) in [6.45, 7) is 8.56. The maximum Gasteiger partial charge on any atom is 0.134 e. The molecular formula is C13H21N3. The molecule has 16 heavy (non-hydrogen) atoms. The van der Waals surface area contributed by atoms with Gasteiger partial charge in [0.25, 0.3) is 0 Å². The molecule has 1 aromatic heterocycles. The Morgan fingerprint density at radius 1 is 1.44 bits per heavy atom. The van der Waals surface area contributed by atoms with Gasteiger partial charge in [0.15, 0.2) is 0 Å². The van der Waals surface area contributed by atoms with Crippen LogP contribution in [-0.2, 0) is 12.0 Å². The molecule has 0 unspecified atom stereocenters. The Balaban J connectivity index is 1.94. The summed E-state index contributed by atoms with van der Waals surface area (Å²) in [6, 6.07) is 2.00. The standard InChI is InChI=1S/C13H21N3/c1-10(2)8-14-9-11-4-7-15-12(16-11)13(3)5-6-13/h4,7,10,14H,5-6,8-9H2,1-3H3. The van der Waals surface area contributed by atoms with E-state index in [1.165, 1.54) is 12.8 Å². The number of rotatable bonds is 5. The fourth-order valence-electron chi connectivity index (χ4n) is 1.69. The third-order valence-corrected chi connectivity index (χ3v) is 3.11. The van der Waals surface area contributed by atoms with E-state index in [9.17, 15) is 0 Å². The van der Waals surface area contributed by atoms with Gasteiger partial charge in [-0.05, 0) is 31.4 Å². The van der Waals surface area contributed by atoms with Crippen LogP contribution in [0.5, 0.6) is 0 Å². The van der Waals surface area contributed by atoms with Gasteiger partial charge < -0.3 is 5.32 Å². The van der Waals surface area contributed by atoms with Crippen molar-refractivity contribution in [3.8, 4) is 0 Å². The van der Waals surface area contributed by atoms with E-state index in [0.29, 0.717) is 5.92 Å². The molecule has 1 aliphatic rings. The molecule has 1 N–H and O–H groups in total. The Bertz CT molecular complexity index is 356. The Morgan fingerprint density at radius 3 is 2.81 bits per heavy atom. The van der Waals surface area contributed by atoms with Crippen molar-refractivity contribution in [1.29, 1.82) is 0 Å². The van der Waals surface area contributed by atoms with Gasteiger partial charge in [-0.3, -0.25) is 0 Å². The van der Waals surface area contributed by atoms with Crippen LogP contribution in [0.15, 0.2) is 12.3 Å². The first-order valence-corrected chi connectivity index (χ1v) is 6.13. The lowest BCUT2D eigenvalue weighted by atomic mass is 10.1. The molecule has 0 amide bonds. The zero-order valence-electron chi connectivity index (χ0n) is 10.5. The lowest BCUT2D eigenvalue weighted by Crippen LogP contribution is -2.20. The summed E-state index contributed by atoms with van der Waals surface area (Å²) in [6.07, 6.45) is 4.35. The average Bonchev–Trinajstić information content (AvgIpc) is 2.98. The molecule has 0 spiro atoms. The van der Waals surface area contributed by atoms with Crippen molar-refractivity contribution in [3.05, 3.63) is 23.8 Å². The Labute approximate surface area is 97.7 Å². The molecule has 0 atom stereocenters. The maximum absolute atomic E-state index is 4.63. The minimum atomic E-state index is 0.272. The molecule has 2 rings (SSSR count).